The summed E-state index contributed by atoms with van der Waals surface area (Å²) in [5.74, 6) is 5.12. The Balaban J connectivity index is 2.77. The number of hydrogen-bond donors (Lipinski definition) is 2. The molecule has 0 spiro atoms. The molecule has 0 aliphatic carbocycles. The van der Waals surface area contributed by atoms with E-state index in [9.17, 15) is 4.79 Å². The normalized spacial score (nSPS) is 10.1. The second kappa shape index (κ2) is 5.39. The van der Waals surface area contributed by atoms with Crippen LogP contribution in [0.25, 0.3) is 0 Å². The van der Waals surface area contributed by atoms with E-state index >= 15 is 0 Å². The Labute approximate surface area is 98.3 Å². The van der Waals surface area contributed by atoms with Crippen LogP contribution in [0.3, 0.4) is 0 Å². The van der Waals surface area contributed by atoms with Gasteiger partial charge in [-0.2, -0.15) is 0 Å². The SMILES string of the molecule is Cc1cc(SCC(=O)NN)c(C)cc1Cl. The second-order valence-electron chi connectivity index (χ2n) is 3.22. The second-order valence-corrected chi connectivity index (χ2v) is 4.65. The minimum Gasteiger partial charge on any atom is -0.294 e. The lowest BCUT2D eigenvalue weighted by molar-refractivity contribution is -0.118. The van der Waals surface area contributed by atoms with Crippen LogP contribution < -0.4 is 11.3 Å². The zero-order valence-corrected chi connectivity index (χ0v) is 10.2. The summed E-state index contributed by atoms with van der Waals surface area (Å²) in [4.78, 5) is 12.0. The van der Waals surface area contributed by atoms with Crippen LogP contribution in [-0.4, -0.2) is 11.7 Å². The molecule has 82 valence electrons. The molecule has 0 unspecified atom stereocenters. The van der Waals surface area contributed by atoms with Gasteiger partial charge in [-0.1, -0.05) is 11.6 Å². The Morgan fingerprint density at radius 3 is 2.73 bits per heavy atom. The number of nitrogens with one attached hydrogen (secondary N) is 1. The summed E-state index contributed by atoms with van der Waals surface area (Å²) in [6, 6.07) is 3.88. The first kappa shape index (κ1) is 12.4. The van der Waals surface area contributed by atoms with Crippen molar-refractivity contribution in [1.82, 2.24) is 5.43 Å². The van der Waals surface area contributed by atoms with Gasteiger partial charge < -0.3 is 0 Å². The van der Waals surface area contributed by atoms with E-state index in [4.69, 9.17) is 17.4 Å². The molecule has 0 fully saturated rings. The van der Waals surface area contributed by atoms with E-state index in [0.29, 0.717) is 5.75 Å². The van der Waals surface area contributed by atoms with Crippen LogP contribution in [0.2, 0.25) is 5.02 Å². The summed E-state index contributed by atoms with van der Waals surface area (Å²) >= 11 is 7.42. The van der Waals surface area contributed by atoms with Crippen LogP contribution in [0, 0.1) is 13.8 Å². The lowest BCUT2D eigenvalue weighted by Gasteiger charge is -2.07. The highest BCUT2D eigenvalue weighted by atomic mass is 35.5. The number of nitrogens with two attached hydrogens (primary N) is 1. The maximum Gasteiger partial charge on any atom is 0.244 e. The fraction of sp³-hybridized carbons (Fsp3) is 0.300. The van der Waals surface area contributed by atoms with Crippen molar-refractivity contribution in [3.05, 3.63) is 28.3 Å². The molecule has 0 saturated carbocycles. The Kier molecular flexibility index (Phi) is 4.45. The molecular weight excluding hydrogens is 232 g/mol. The molecule has 0 heterocycles. The fourth-order valence-corrected chi connectivity index (χ4v) is 2.23. The van der Waals surface area contributed by atoms with Crippen molar-refractivity contribution in [2.24, 2.45) is 5.84 Å². The van der Waals surface area contributed by atoms with Gasteiger partial charge in [0.1, 0.15) is 0 Å². The summed E-state index contributed by atoms with van der Waals surface area (Å²) in [7, 11) is 0. The third-order valence-corrected chi connectivity index (χ3v) is 3.54. The van der Waals surface area contributed by atoms with Gasteiger partial charge in [-0.15, -0.1) is 11.8 Å². The van der Waals surface area contributed by atoms with Crippen molar-refractivity contribution in [3.63, 3.8) is 0 Å². The van der Waals surface area contributed by atoms with E-state index in [-0.39, 0.29) is 5.91 Å². The lowest BCUT2D eigenvalue weighted by atomic mass is 10.2. The van der Waals surface area contributed by atoms with Crippen LogP contribution in [-0.2, 0) is 4.79 Å². The molecule has 15 heavy (non-hydrogen) atoms. The maximum absolute atomic E-state index is 11.0. The van der Waals surface area contributed by atoms with E-state index in [1.807, 2.05) is 26.0 Å². The number of thioether (sulfide) groups is 1. The number of hydrazine groups is 1. The Morgan fingerprint density at radius 1 is 1.47 bits per heavy atom. The zero-order valence-electron chi connectivity index (χ0n) is 8.63. The van der Waals surface area contributed by atoms with Crippen molar-refractivity contribution in [2.75, 3.05) is 5.75 Å². The fourth-order valence-electron chi connectivity index (χ4n) is 1.09. The van der Waals surface area contributed by atoms with E-state index in [1.165, 1.54) is 11.8 Å². The Morgan fingerprint density at radius 2 is 2.13 bits per heavy atom. The number of carbonyl (C=O) groups is 1. The molecular formula is C10H13ClN2OS. The molecule has 0 bridgehead atoms. The van der Waals surface area contributed by atoms with E-state index in [2.05, 4.69) is 5.43 Å². The zero-order chi connectivity index (χ0) is 11.4. The van der Waals surface area contributed by atoms with Crippen molar-refractivity contribution < 1.29 is 4.79 Å². The van der Waals surface area contributed by atoms with E-state index in [1.54, 1.807) is 0 Å². The average Bonchev–Trinajstić information content (AvgIpc) is 2.21. The highest BCUT2D eigenvalue weighted by molar-refractivity contribution is 8.00. The lowest BCUT2D eigenvalue weighted by Crippen LogP contribution is -2.31. The first-order valence-electron chi connectivity index (χ1n) is 4.43. The first-order valence-corrected chi connectivity index (χ1v) is 5.80. The van der Waals surface area contributed by atoms with Gasteiger partial charge in [0, 0.05) is 9.92 Å². The van der Waals surface area contributed by atoms with Crippen molar-refractivity contribution >= 4 is 29.3 Å². The molecule has 1 amide bonds. The minimum absolute atomic E-state index is 0.188. The van der Waals surface area contributed by atoms with Gasteiger partial charge in [0.05, 0.1) is 5.75 Å². The summed E-state index contributed by atoms with van der Waals surface area (Å²) in [5, 5.41) is 0.750. The predicted molar refractivity (Wildman–Crippen MR) is 64.0 cm³/mol. The number of halogens is 1. The number of hydrogen-bond acceptors (Lipinski definition) is 3. The third-order valence-electron chi connectivity index (χ3n) is 1.98. The quantitative estimate of drug-likeness (QED) is 0.370. The van der Waals surface area contributed by atoms with Gasteiger partial charge in [0.25, 0.3) is 0 Å². The van der Waals surface area contributed by atoms with Crippen LogP contribution in [0.15, 0.2) is 17.0 Å². The Bertz CT molecular complexity index is 382. The van der Waals surface area contributed by atoms with Crippen LogP contribution in [0.5, 0.6) is 0 Å². The standard InChI is InChI=1S/C10H13ClN2OS/c1-6-4-9(7(2)3-8(6)11)15-5-10(14)13-12/h3-4H,5,12H2,1-2H3,(H,13,14). The number of carbonyl (C=O) groups excluding carboxylic acids is 1. The smallest absolute Gasteiger partial charge is 0.244 e. The van der Waals surface area contributed by atoms with Crippen LogP contribution in [0.4, 0.5) is 0 Å². The molecule has 3 nitrogen and oxygen atoms in total. The number of benzene rings is 1. The molecule has 0 atom stereocenters. The van der Waals surface area contributed by atoms with Gasteiger partial charge >= 0.3 is 0 Å². The number of amides is 1. The average molecular weight is 245 g/mol. The van der Waals surface area contributed by atoms with Crippen molar-refractivity contribution in [1.29, 1.82) is 0 Å². The van der Waals surface area contributed by atoms with Gasteiger partial charge in [-0.3, -0.25) is 10.2 Å². The highest BCUT2D eigenvalue weighted by Gasteiger charge is 2.06. The highest BCUT2D eigenvalue weighted by Crippen LogP contribution is 2.27. The number of aryl methyl sites for hydroxylation is 2. The maximum atomic E-state index is 11.0. The third kappa shape index (κ3) is 3.41. The Hall–Kier alpha value is -0.710. The molecule has 1 aromatic carbocycles. The first-order chi connectivity index (χ1) is 7.04. The molecule has 0 saturated heterocycles. The molecule has 1 rings (SSSR count). The topological polar surface area (TPSA) is 55.1 Å². The van der Waals surface area contributed by atoms with Gasteiger partial charge in [-0.25, -0.2) is 5.84 Å². The minimum atomic E-state index is -0.188. The molecule has 0 aromatic heterocycles. The van der Waals surface area contributed by atoms with E-state index in [0.717, 1.165) is 21.0 Å². The largest absolute Gasteiger partial charge is 0.294 e. The van der Waals surface area contributed by atoms with Gasteiger partial charge in [0.15, 0.2) is 0 Å². The van der Waals surface area contributed by atoms with Crippen LogP contribution >= 0.6 is 23.4 Å². The summed E-state index contributed by atoms with van der Waals surface area (Å²) in [6.07, 6.45) is 0. The molecule has 1 aromatic rings. The molecule has 5 heteroatoms. The molecule has 3 N–H and O–H groups in total. The summed E-state index contributed by atoms with van der Waals surface area (Å²) in [5.41, 5.74) is 4.18. The molecule has 0 aliphatic heterocycles. The van der Waals surface area contributed by atoms with Crippen molar-refractivity contribution in [2.45, 2.75) is 18.7 Å². The molecule has 0 radical (unpaired) electrons. The molecule has 0 aliphatic rings. The summed E-state index contributed by atoms with van der Waals surface area (Å²) in [6.45, 7) is 3.91. The monoisotopic (exact) mass is 244 g/mol. The van der Waals surface area contributed by atoms with Gasteiger partial charge in [-0.05, 0) is 37.1 Å². The van der Waals surface area contributed by atoms with Crippen molar-refractivity contribution in [3.8, 4) is 0 Å². The van der Waals surface area contributed by atoms with Gasteiger partial charge in [0.2, 0.25) is 5.91 Å². The summed E-state index contributed by atoms with van der Waals surface area (Å²) < 4.78 is 0. The van der Waals surface area contributed by atoms with Crippen LogP contribution in [0.1, 0.15) is 11.1 Å². The predicted octanol–water partition coefficient (Wildman–Crippen LogP) is 2.04. The van der Waals surface area contributed by atoms with E-state index < -0.39 is 0 Å². The number of rotatable bonds is 3.